The van der Waals surface area contributed by atoms with Gasteiger partial charge in [-0.05, 0) is 50.6 Å². The van der Waals surface area contributed by atoms with Crippen LogP contribution in [0.5, 0.6) is 0 Å². The first-order chi connectivity index (χ1) is 13.0. The molecule has 4 aromatic rings. The maximum atomic E-state index is 12.7. The van der Waals surface area contributed by atoms with Crippen LogP contribution >= 0.6 is 11.3 Å². The zero-order chi connectivity index (χ0) is 19.0. The Labute approximate surface area is 162 Å². The fraction of sp³-hybridized carbons (Fsp3) is 0.182. The Morgan fingerprint density at radius 2 is 2.00 bits per heavy atom. The highest BCUT2D eigenvalue weighted by Crippen LogP contribution is 2.26. The Kier molecular flexibility index (Phi) is 4.54. The highest BCUT2D eigenvalue weighted by Gasteiger charge is 2.13. The number of hydrogen-bond acceptors (Lipinski definition) is 3. The van der Waals surface area contributed by atoms with Crippen LogP contribution in [0.4, 0.5) is 5.69 Å². The Balaban J connectivity index is 1.55. The molecule has 1 amide bonds. The molecule has 0 aliphatic rings. The number of aryl methyl sites for hydroxylation is 3. The fourth-order valence-electron chi connectivity index (χ4n) is 3.34. The van der Waals surface area contributed by atoms with Gasteiger partial charge in [0.2, 0.25) is 5.91 Å². The lowest BCUT2D eigenvalue weighted by Crippen LogP contribution is -2.14. The molecule has 0 fully saturated rings. The summed E-state index contributed by atoms with van der Waals surface area (Å²) >= 11 is 1.62. The zero-order valence-electron chi connectivity index (χ0n) is 15.6. The van der Waals surface area contributed by atoms with Crippen LogP contribution < -0.4 is 5.32 Å². The molecule has 4 nitrogen and oxygen atoms in total. The molecule has 0 radical (unpaired) electrons. The lowest BCUT2D eigenvalue weighted by atomic mass is 10.1. The molecule has 0 saturated heterocycles. The number of aromatic nitrogens is 2. The van der Waals surface area contributed by atoms with Crippen molar-refractivity contribution in [2.24, 2.45) is 0 Å². The molecule has 2 N–H and O–H groups in total. The standard InChI is InChI=1S/C22H21N3OS/c1-13-7-8-20-19(9-13)18(14(2)23-20)11-22(26)25-17-6-4-5-16(10-17)21-12-27-15(3)24-21/h4-10,12,23H,11H2,1-3H3,(H,25,26). The van der Waals surface area contributed by atoms with E-state index in [1.807, 2.05) is 43.5 Å². The molecule has 27 heavy (non-hydrogen) atoms. The summed E-state index contributed by atoms with van der Waals surface area (Å²) in [7, 11) is 0. The second-order valence-corrected chi connectivity index (χ2v) is 7.90. The molecule has 2 heterocycles. The van der Waals surface area contributed by atoms with Gasteiger partial charge in [0.1, 0.15) is 0 Å². The molecule has 0 saturated carbocycles. The van der Waals surface area contributed by atoms with Gasteiger partial charge in [-0.3, -0.25) is 4.79 Å². The van der Waals surface area contributed by atoms with Gasteiger partial charge in [-0.1, -0.05) is 23.8 Å². The number of aromatic amines is 1. The normalized spacial score (nSPS) is 11.1. The maximum absolute atomic E-state index is 12.7. The third-order valence-corrected chi connectivity index (χ3v) is 5.45. The van der Waals surface area contributed by atoms with Crippen LogP contribution in [0.1, 0.15) is 21.8 Å². The highest BCUT2D eigenvalue weighted by molar-refractivity contribution is 7.09. The number of H-pyrrole nitrogens is 1. The number of fused-ring (bicyclic) bond motifs is 1. The smallest absolute Gasteiger partial charge is 0.228 e. The number of carbonyl (C=O) groups excluding carboxylic acids is 1. The summed E-state index contributed by atoms with van der Waals surface area (Å²) in [5.74, 6) is -0.0212. The number of benzene rings is 2. The average molecular weight is 375 g/mol. The largest absolute Gasteiger partial charge is 0.358 e. The molecule has 0 atom stereocenters. The summed E-state index contributed by atoms with van der Waals surface area (Å²) in [4.78, 5) is 20.6. The lowest BCUT2D eigenvalue weighted by Gasteiger charge is -2.07. The minimum absolute atomic E-state index is 0.0212. The average Bonchev–Trinajstić information content (AvgIpc) is 3.19. The molecular formula is C22H21N3OS. The predicted octanol–water partition coefficient (Wildman–Crippen LogP) is 5.40. The van der Waals surface area contributed by atoms with Crippen molar-refractivity contribution in [3.05, 3.63) is 69.7 Å². The van der Waals surface area contributed by atoms with E-state index in [1.165, 1.54) is 5.56 Å². The van der Waals surface area contributed by atoms with Gasteiger partial charge in [0.05, 0.1) is 17.1 Å². The summed E-state index contributed by atoms with van der Waals surface area (Å²) < 4.78 is 0. The Hall–Kier alpha value is -2.92. The van der Waals surface area contributed by atoms with Crippen LogP contribution in [0.15, 0.2) is 47.8 Å². The second-order valence-electron chi connectivity index (χ2n) is 6.84. The monoisotopic (exact) mass is 375 g/mol. The molecule has 0 spiro atoms. The van der Waals surface area contributed by atoms with Gasteiger partial charge in [-0.2, -0.15) is 0 Å². The minimum atomic E-state index is -0.0212. The third-order valence-electron chi connectivity index (χ3n) is 4.67. The van der Waals surface area contributed by atoms with Crippen LogP contribution in [-0.4, -0.2) is 15.9 Å². The number of thiazole rings is 1. The van der Waals surface area contributed by atoms with E-state index in [2.05, 4.69) is 40.4 Å². The van der Waals surface area contributed by atoms with Crippen LogP contribution in [-0.2, 0) is 11.2 Å². The van der Waals surface area contributed by atoms with Gasteiger partial charge >= 0.3 is 0 Å². The molecule has 0 unspecified atom stereocenters. The van der Waals surface area contributed by atoms with Crippen molar-refractivity contribution < 1.29 is 4.79 Å². The van der Waals surface area contributed by atoms with Crippen LogP contribution in [0.2, 0.25) is 0 Å². The summed E-state index contributed by atoms with van der Waals surface area (Å²) in [5, 5.41) is 7.21. The molecule has 136 valence electrons. The summed E-state index contributed by atoms with van der Waals surface area (Å²) in [5.41, 5.74) is 7.09. The van der Waals surface area contributed by atoms with Crippen molar-refractivity contribution in [1.29, 1.82) is 0 Å². The van der Waals surface area contributed by atoms with Gasteiger partial charge in [0, 0.05) is 33.2 Å². The van der Waals surface area contributed by atoms with Crippen molar-refractivity contribution in [3.8, 4) is 11.3 Å². The topological polar surface area (TPSA) is 57.8 Å². The number of hydrogen-bond donors (Lipinski definition) is 2. The maximum Gasteiger partial charge on any atom is 0.228 e. The van der Waals surface area contributed by atoms with Crippen molar-refractivity contribution in [2.75, 3.05) is 5.32 Å². The van der Waals surface area contributed by atoms with Gasteiger partial charge in [0.25, 0.3) is 0 Å². The Morgan fingerprint density at radius 3 is 2.78 bits per heavy atom. The van der Waals surface area contributed by atoms with Crippen LogP contribution in [0, 0.1) is 20.8 Å². The van der Waals surface area contributed by atoms with E-state index in [1.54, 1.807) is 11.3 Å². The minimum Gasteiger partial charge on any atom is -0.358 e. The SMILES string of the molecule is Cc1ccc2[nH]c(C)c(CC(=O)Nc3cccc(-c4csc(C)n4)c3)c2c1. The van der Waals surface area contributed by atoms with E-state index in [9.17, 15) is 4.79 Å². The summed E-state index contributed by atoms with van der Waals surface area (Å²) in [6, 6.07) is 14.1. The Bertz CT molecular complexity index is 1140. The zero-order valence-corrected chi connectivity index (χ0v) is 16.4. The molecule has 5 heteroatoms. The van der Waals surface area contributed by atoms with Crippen LogP contribution in [0.25, 0.3) is 22.2 Å². The van der Waals surface area contributed by atoms with Gasteiger partial charge < -0.3 is 10.3 Å². The summed E-state index contributed by atoms with van der Waals surface area (Å²) in [6.45, 7) is 6.07. The number of rotatable bonds is 4. The number of amides is 1. The van der Waals surface area contributed by atoms with Crippen LogP contribution in [0.3, 0.4) is 0 Å². The van der Waals surface area contributed by atoms with E-state index >= 15 is 0 Å². The van der Waals surface area contributed by atoms with Gasteiger partial charge in [-0.15, -0.1) is 11.3 Å². The van der Waals surface area contributed by atoms with Crippen molar-refractivity contribution in [3.63, 3.8) is 0 Å². The van der Waals surface area contributed by atoms with Gasteiger partial charge in [-0.25, -0.2) is 4.98 Å². The molecule has 2 aromatic carbocycles. The highest BCUT2D eigenvalue weighted by atomic mass is 32.1. The molecular weight excluding hydrogens is 354 g/mol. The van der Waals surface area contributed by atoms with Gasteiger partial charge in [0.15, 0.2) is 0 Å². The number of nitrogens with zero attached hydrogens (tertiary/aromatic N) is 1. The first-order valence-electron chi connectivity index (χ1n) is 8.90. The molecule has 0 aliphatic heterocycles. The molecule has 2 aromatic heterocycles. The fourth-order valence-corrected chi connectivity index (χ4v) is 3.96. The van der Waals surface area contributed by atoms with E-state index in [0.29, 0.717) is 6.42 Å². The molecule has 0 bridgehead atoms. The van der Waals surface area contributed by atoms with Crippen molar-refractivity contribution in [2.45, 2.75) is 27.2 Å². The number of anilines is 1. The third kappa shape index (κ3) is 3.64. The first-order valence-corrected chi connectivity index (χ1v) is 9.78. The lowest BCUT2D eigenvalue weighted by molar-refractivity contribution is -0.115. The van der Waals surface area contributed by atoms with E-state index in [4.69, 9.17) is 0 Å². The van der Waals surface area contributed by atoms with E-state index < -0.39 is 0 Å². The first kappa shape index (κ1) is 17.5. The predicted molar refractivity (Wildman–Crippen MR) is 112 cm³/mol. The molecule has 0 aliphatic carbocycles. The van der Waals surface area contributed by atoms with E-state index in [0.717, 1.165) is 44.1 Å². The van der Waals surface area contributed by atoms with Crippen molar-refractivity contribution >= 4 is 33.8 Å². The molecule has 4 rings (SSSR count). The quantitative estimate of drug-likeness (QED) is 0.502. The Morgan fingerprint density at radius 1 is 1.15 bits per heavy atom. The van der Waals surface area contributed by atoms with E-state index in [-0.39, 0.29) is 5.91 Å². The number of carbonyl (C=O) groups is 1. The van der Waals surface area contributed by atoms with Crippen molar-refractivity contribution in [1.82, 2.24) is 9.97 Å². The second kappa shape index (κ2) is 7.00. The summed E-state index contributed by atoms with van der Waals surface area (Å²) in [6.07, 6.45) is 0.343. The number of nitrogens with one attached hydrogen (secondary N) is 2.